The van der Waals surface area contributed by atoms with Crippen molar-refractivity contribution in [3.8, 4) is 0 Å². The molecule has 3 atom stereocenters. The van der Waals surface area contributed by atoms with Crippen LogP contribution in [-0.4, -0.2) is 17.0 Å². The maximum Gasteiger partial charge on any atom is 0.307 e. The fraction of sp³-hybridized carbons (Fsp3) is 0.467. The number of rotatable bonds is 4. The van der Waals surface area contributed by atoms with Gasteiger partial charge in [-0.05, 0) is 37.0 Å². The van der Waals surface area contributed by atoms with E-state index in [4.69, 9.17) is 5.11 Å². The van der Waals surface area contributed by atoms with E-state index in [1.807, 2.05) is 6.92 Å². The van der Waals surface area contributed by atoms with Crippen molar-refractivity contribution in [2.24, 2.45) is 17.8 Å². The smallest absolute Gasteiger partial charge is 0.307 e. The van der Waals surface area contributed by atoms with Crippen molar-refractivity contribution in [1.29, 1.82) is 0 Å². The Bertz CT molecular complexity index is 564. The molecule has 6 heteroatoms. The van der Waals surface area contributed by atoms with Gasteiger partial charge >= 0.3 is 5.97 Å². The van der Waals surface area contributed by atoms with Crippen molar-refractivity contribution < 1.29 is 19.1 Å². The normalized spacial score (nSPS) is 24.8. The van der Waals surface area contributed by atoms with Crippen LogP contribution in [0.4, 0.5) is 4.39 Å². The Kier molecular flexibility index (Phi) is 4.98. The molecule has 114 valence electrons. The van der Waals surface area contributed by atoms with Crippen molar-refractivity contribution in [1.82, 2.24) is 5.32 Å². The molecule has 1 aliphatic rings. The molecule has 0 spiro atoms. The van der Waals surface area contributed by atoms with Crippen LogP contribution >= 0.6 is 15.9 Å². The summed E-state index contributed by atoms with van der Waals surface area (Å²) in [7, 11) is 0. The average Bonchev–Trinajstić information content (AvgIpc) is 2.82. The van der Waals surface area contributed by atoms with Gasteiger partial charge in [0.25, 0.3) is 0 Å². The molecule has 0 heterocycles. The first kappa shape index (κ1) is 15.9. The summed E-state index contributed by atoms with van der Waals surface area (Å²) in [4.78, 5) is 23.4. The van der Waals surface area contributed by atoms with Crippen LogP contribution in [0.25, 0.3) is 0 Å². The molecule has 1 aromatic carbocycles. The number of benzene rings is 1. The van der Waals surface area contributed by atoms with Crippen LogP contribution in [0.5, 0.6) is 0 Å². The van der Waals surface area contributed by atoms with Crippen molar-refractivity contribution in [2.75, 3.05) is 0 Å². The van der Waals surface area contributed by atoms with Crippen LogP contribution in [0, 0.1) is 23.6 Å². The Balaban J connectivity index is 2.01. The topological polar surface area (TPSA) is 66.4 Å². The molecule has 1 fully saturated rings. The maximum atomic E-state index is 13.6. The van der Waals surface area contributed by atoms with E-state index in [2.05, 4.69) is 21.2 Å². The third-order valence-electron chi connectivity index (χ3n) is 3.91. The third-order valence-corrected chi connectivity index (χ3v) is 4.41. The van der Waals surface area contributed by atoms with Gasteiger partial charge in [-0.2, -0.15) is 0 Å². The lowest BCUT2D eigenvalue weighted by Gasteiger charge is -2.15. The summed E-state index contributed by atoms with van der Waals surface area (Å²) in [5.41, 5.74) is 0.371. The molecule has 1 unspecified atom stereocenters. The van der Waals surface area contributed by atoms with Gasteiger partial charge in [0.1, 0.15) is 5.82 Å². The van der Waals surface area contributed by atoms with Gasteiger partial charge in [-0.3, -0.25) is 9.59 Å². The Labute approximate surface area is 130 Å². The largest absolute Gasteiger partial charge is 0.481 e. The molecule has 0 bridgehead atoms. The second-order valence-corrected chi connectivity index (χ2v) is 6.50. The van der Waals surface area contributed by atoms with E-state index in [-0.39, 0.29) is 18.4 Å². The summed E-state index contributed by atoms with van der Waals surface area (Å²) >= 11 is 3.25. The quantitative estimate of drug-likeness (QED) is 0.870. The Morgan fingerprint density at radius 3 is 2.71 bits per heavy atom. The molecule has 1 aliphatic carbocycles. The summed E-state index contributed by atoms with van der Waals surface area (Å²) in [6.45, 7) is 2.00. The number of carbonyl (C=O) groups is 2. The van der Waals surface area contributed by atoms with Gasteiger partial charge in [-0.1, -0.05) is 22.9 Å². The molecular weight excluding hydrogens is 341 g/mol. The van der Waals surface area contributed by atoms with E-state index in [0.717, 1.165) is 4.47 Å². The van der Waals surface area contributed by atoms with E-state index in [1.165, 1.54) is 6.07 Å². The highest BCUT2D eigenvalue weighted by Gasteiger charge is 2.41. The van der Waals surface area contributed by atoms with Crippen LogP contribution in [0.15, 0.2) is 22.7 Å². The molecule has 0 aromatic heterocycles. The predicted molar refractivity (Wildman–Crippen MR) is 79.0 cm³/mol. The van der Waals surface area contributed by atoms with Crippen molar-refractivity contribution >= 4 is 27.8 Å². The summed E-state index contributed by atoms with van der Waals surface area (Å²) in [5, 5.41) is 11.8. The van der Waals surface area contributed by atoms with E-state index in [9.17, 15) is 14.0 Å². The van der Waals surface area contributed by atoms with Gasteiger partial charge in [0.05, 0.1) is 11.8 Å². The Morgan fingerprint density at radius 1 is 1.38 bits per heavy atom. The number of halogens is 2. The summed E-state index contributed by atoms with van der Waals surface area (Å²) in [6, 6.07) is 4.50. The van der Waals surface area contributed by atoms with Gasteiger partial charge in [0.2, 0.25) is 5.91 Å². The van der Waals surface area contributed by atoms with Gasteiger partial charge in [0, 0.05) is 16.6 Å². The van der Waals surface area contributed by atoms with Crippen LogP contribution < -0.4 is 5.32 Å². The molecule has 2 N–H and O–H groups in total. The number of carboxylic acid groups (broad SMARTS) is 1. The molecular formula is C15H17BrFNO3. The van der Waals surface area contributed by atoms with Crippen LogP contribution in [0.1, 0.15) is 25.3 Å². The Morgan fingerprint density at radius 2 is 2.05 bits per heavy atom. The SMILES string of the molecule is CC1C[C@H](C(=O)NCc2cc(Br)ccc2F)[C@H](C(=O)O)C1. The fourth-order valence-corrected chi connectivity index (χ4v) is 3.26. The number of carboxylic acids is 1. The molecule has 0 radical (unpaired) electrons. The summed E-state index contributed by atoms with van der Waals surface area (Å²) < 4.78 is 14.3. The minimum Gasteiger partial charge on any atom is -0.481 e. The van der Waals surface area contributed by atoms with Crippen molar-refractivity contribution in [2.45, 2.75) is 26.3 Å². The minimum absolute atomic E-state index is 0.0569. The number of aliphatic carboxylic acids is 1. The standard InChI is InChI=1S/C15H17BrFNO3/c1-8-4-11(12(5-8)15(20)21)14(19)18-7-9-6-10(16)2-3-13(9)17/h2-3,6,8,11-12H,4-5,7H2,1H3,(H,18,19)(H,20,21)/t8?,11-,12+/m0/s1. The highest BCUT2D eigenvalue weighted by Crippen LogP contribution is 2.36. The van der Waals surface area contributed by atoms with Gasteiger partial charge < -0.3 is 10.4 Å². The minimum atomic E-state index is -0.937. The maximum absolute atomic E-state index is 13.6. The van der Waals surface area contributed by atoms with Gasteiger partial charge in [0.15, 0.2) is 0 Å². The molecule has 1 amide bonds. The molecule has 4 nitrogen and oxygen atoms in total. The van der Waals surface area contributed by atoms with Crippen molar-refractivity contribution in [3.05, 3.63) is 34.1 Å². The molecule has 1 aromatic rings. The summed E-state index contributed by atoms with van der Waals surface area (Å²) in [5.74, 6) is -2.61. The number of hydrogen-bond donors (Lipinski definition) is 2. The Hall–Kier alpha value is -1.43. The summed E-state index contributed by atoms with van der Waals surface area (Å²) in [6.07, 6.45) is 1.07. The highest BCUT2D eigenvalue weighted by atomic mass is 79.9. The molecule has 0 saturated heterocycles. The van der Waals surface area contributed by atoms with E-state index >= 15 is 0 Å². The van der Waals surface area contributed by atoms with Crippen LogP contribution in [0.2, 0.25) is 0 Å². The van der Waals surface area contributed by atoms with Gasteiger partial charge in [-0.15, -0.1) is 0 Å². The number of amides is 1. The molecule has 0 aliphatic heterocycles. The number of nitrogens with one attached hydrogen (secondary N) is 1. The lowest BCUT2D eigenvalue weighted by Crippen LogP contribution is -2.35. The zero-order valence-corrected chi connectivity index (χ0v) is 13.2. The monoisotopic (exact) mass is 357 g/mol. The first-order valence-electron chi connectivity index (χ1n) is 6.83. The highest BCUT2D eigenvalue weighted by molar-refractivity contribution is 9.10. The average molecular weight is 358 g/mol. The molecule has 2 rings (SSSR count). The zero-order chi connectivity index (χ0) is 15.6. The second kappa shape index (κ2) is 6.56. The van der Waals surface area contributed by atoms with E-state index < -0.39 is 23.6 Å². The lowest BCUT2D eigenvalue weighted by molar-refractivity contribution is -0.146. The predicted octanol–water partition coefficient (Wildman–Crippen LogP) is 2.95. The number of hydrogen-bond acceptors (Lipinski definition) is 2. The van der Waals surface area contributed by atoms with Crippen molar-refractivity contribution in [3.63, 3.8) is 0 Å². The fourth-order valence-electron chi connectivity index (χ4n) is 2.85. The number of carbonyl (C=O) groups excluding carboxylic acids is 1. The van der Waals surface area contributed by atoms with Crippen LogP contribution in [-0.2, 0) is 16.1 Å². The first-order chi connectivity index (χ1) is 9.88. The zero-order valence-electron chi connectivity index (χ0n) is 11.6. The molecule has 1 saturated carbocycles. The van der Waals surface area contributed by atoms with Gasteiger partial charge in [-0.25, -0.2) is 4.39 Å². The first-order valence-corrected chi connectivity index (χ1v) is 7.62. The molecule has 21 heavy (non-hydrogen) atoms. The third kappa shape index (κ3) is 3.81. The second-order valence-electron chi connectivity index (χ2n) is 5.58. The lowest BCUT2D eigenvalue weighted by atomic mass is 9.95. The van der Waals surface area contributed by atoms with Crippen LogP contribution in [0.3, 0.4) is 0 Å². The van der Waals surface area contributed by atoms with E-state index in [1.54, 1.807) is 12.1 Å². The van der Waals surface area contributed by atoms with E-state index in [0.29, 0.717) is 18.4 Å².